The molecule has 10 heavy (non-hydrogen) atoms. The van der Waals surface area contributed by atoms with E-state index in [1.165, 1.54) is 6.08 Å². The molecule has 0 aromatic heterocycles. The molecule has 0 spiro atoms. The van der Waals surface area contributed by atoms with E-state index in [1.807, 2.05) is 0 Å². The van der Waals surface area contributed by atoms with Crippen LogP contribution in [-0.2, 0) is 4.79 Å². The van der Waals surface area contributed by atoms with Crippen molar-refractivity contribution in [2.24, 2.45) is 11.7 Å². The topological polar surface area (TPSA) is 63.3 Å². The lowest BCUT2D eigenvalue weighted by Gasteiger charge is -2.09. The van der Waals surface area contributed by atoms with Crippen molar-refractivity contribution in [2.75, 3.05) is 0 Å². The molecule has 0 saturated carbocycles. The third-order valence-corrected chi connectivity index (χ3v) is 1.22. The van der Waals surface area contributed by atoms with Crippen molar-refractivity contribution in [3.8, 4) is 0 Å². The number of carboxylic acids is 1. The van der Waals surface area contributed by atoms with Gasteiger partial charge in [-0.2, -0.15) is 0 Å². The van der Waals surface area contributed by atoms with Gasteiger partial charge in [0, 0.05) is 0 Å². The first-order valence-electron chi connectivity index (χ1n) is 2.70. The van der Waals surface area contributed by atoms with Crippen LogP contribution >= 0.6 is 12.4 Å². The Morgan fingerprint density at radius 3 is 2.30 bits per heavy atom. The molecule has 2 atom stereocenters. The fourth-order valence-corrected chi connectivity index (χ4v) is 0.372. The summed E-state index contributed by atoms with van der Waals surface area (Å²) in [5, 5.41) is 8.31. The van der Waals surface area contributed by atoms with Crippen molar-refractivity contribution in [3.63, 3.8) is 0 Å². The van der Waals surface area contributed by atoms with Crippen LogP contribution in [0, 0.1) is 5.92 Å². The number of carboxylic acid groups (broad SMARTS) is 1. The second-order valence-corrected chi connectivity index (χ2v) is 1.96. The SMILES string of the molecule is C=CC(C)C(N)C(=O)O.Cl. The minimum atomic E-state index is -0.984. The molecule has 3 N–H and O–H groups in total. The molecule has 0 aliphatic heterocycles. The van der Waals surface area contributed by atoms with Gasteiger partial charge in [0.05, 0.1) is 0 Å². The lowest BCUT2D eigenvalue weighted by Crippen LogP contribution is -2.35. The molecule has 0 bridgehead atoms. The second-order valence-electron chi connectivity index (χ2n) is 1.96. The van der Waals surface area contributed by atoms with Crippen LogP contribution in [0.15, 0.2) is 12.7 Å². The molecule has 0 fully saturated rings. The molecular formula is C6H12ClNO2. The van der Waals surface area contributed by atoms with Gasteiger partial charge < -0.3 is 10.8 Å². The van der Waals surface area contributed by atoms with E-state index >= 15 is 0 Å². The maximum atomic E-state index is 10.1. The monoisotopic (exact) mass is 165 g/mol. The Morgan fingerprint density at radius 2 is 2.20 bits per heavy atom. The average Bonchev–Trinajstić information content (AvgIpc) is 1.84. The fraction of sp³-hybridized carbons (Fsp3) is 0.500. The maximum absolute atomic E-state index is 10.1. The second kappa shape index (κ2) is 5.26. The predicted molar refractivity (Wildman–Crippen MR) is 42.2 cm³/mol. The smallest absolute Gasteiger partial charge is 0.321 e. The van der Waals surface area contributed by atoms with Crippen molar-refractivity contribution < 1.29 is 9.90 Å². The summed E-state index contributed by atoms with van der Waals surface area (Å²) in [4.78, 5) is 10.1. The van der Waals surface area contributed by atoms with E-state index in [0.717, 1.165) is 0 Å². The Labute approximate surface area is 66.3 Å². The molecule has 0 aliphatic carbocycles. The van der Waals surface area contributed by atoms with Crippen LogP contribution in [0.3, 0.4) is 0 Å². The highest BCUT2D eigenvalue weighted by atomic mass is 35.5. The Hall–Kier alpha value is -0.540. The maximum Gasteiger partial charge on any atom is 0.321 e. The standard InChI is InChI=1S/C6H11NO2.ClH/c1-3-4(2)5(7)6(8)9;/h3-5H,1,7H2,2H3,(H,8,9);1H. The van der Waals surface area contributed by atoms with Crippen molar-refractivity contribution in [3.05, 3.63) is 12.7 Å². The minimum absolute atomic E-state index is 0. The van der Waals surface area contributed by atoms with Gasteiger partial charge >= 0.3 is 5.97 Å². The summed E-state index contributed by atoms with van der Waals surface area (Å²) in [6, 6.07) is -0.817. The quantitative estimate of drug-likeness (QED) is 0.604. The normalized spacial score (nSPS) is 14.6. The third kappa shape index (κ3) is 3.48. The third-order valence-electron chi connectivity index (χ3n) is 1.22. The number of aliphatic carboxylic acids is 1. The first-order chi connectivity index (χ1) is 4.09. The summed E-state index contributed by atoms with van der Waals surface area (Å²) in [6.45, 7) is 5.13. The number of halogens is 1. The molecule has 4 heteroatoms. The number of rotatable bonds is 3. The van der Waals surface area contributed by atoms with Gasteiger partial charge in [-0.25, -0.2) is 0 Å². The number of hydrogen-bond donors (Lipinski definition) is 2. The summed E-state index contributed by atoms with van der Waals surface area (Å²) in [5.74, 6) is -1.15. The predicted octanol–water partition coefficient (Wildman–Crippen LogP) is 0.642. The molecule has 60 valence electrons. The first kappa shape index (κ1) is 12.2. The summed E-state index contributed by atoms with van der Waals surface area (Å²) in [7, 11) is 0. The van der Waals surface area contributed by atoms with Crippen LogP contribution in [0.25, 0.3) is 0 Å². The van der Waals surface area contributed by atoms with Crippen molar-refractivity contribution in [1.82, 2.24) is 0 Å². The first-order valence-corrected chi connectivity index (χ1v) is 2.70. The summed E-state index contributed by atoms with van der Waals surface area (Å²) in [5.41, 5.74) is 5.20. The van der Waals surface area contributed by atoms with Crippen LogP contribution in [0.5, 0.6) is 0 Å². The van der Waals surface area contributed by atoms with Crippen LogP contribution in [0.1, 0.15) is 6.92 Å². The molecule has 3 nitrogen and oxygen atoms in total. The van der Waals surface area contributed by atoms with Crippen molar-refractivity contribution >= 4 is 18.4 Å². The zero-order valence-corrected chi connectivity index (χ0v) is 6.60. The molecule has 0 amide bonds. The van der Waals surface area contributed by atoms with Crippen molar-refractivity contribution in [1.29, 1.82) is 0 Å². The number of nitrogens with two attached hydrogens (primary N) is 1. The van der Waals surface area contributed by atoms with Gasteiger partial charge in [0.2, 0.25) is 0 Å². The van der Waals surface area contributed by atoms with E-state index in [4.69, 9.17) is 10.8 Å². The molecule has 0 aromatic carbocycles. The molecule has 0 heterocycles. The molecule has 0 radical (unpaired) electrons. The Morgan fingerprint density at radius 1 is 1.80 bits per heavy atom. The summed E-state index contributed by atoms with van der Waals surface area (Å²) < 4.78 is 0. The largest absolute Gasteiger partial charge is 0.480 e. The summed E-state index contributed by atoms with van der Waals surface area (Å²) in [6.07, 6.45) is 1.53. The Kier molecular flexibility index (Phi) is 6.40. The lowest BCUT2D eigenvalue weighted by molar-refractivity contribution is -0.139. The van der Waals surface area contributed by atoms with E-state index in [-0.39, 0.29) is 18.3 Å². The van der Waals surface area contributed by atoms with Gasteiger partial charge in [0.1, 0.15) is 6.04 Å². The number of carbonyl (C=O) groups is 1. The van der Waals surface area contributed by atoms with Crippen LogP contribution in [-0.4, -0.2) is 17.1 Å². The Balaban J connectivity index is 0. The highest BCUT2D eigenvalue weighted by molar-refractivity contribution is 5.85. The van der Waals surface area contributed by atoms with Crippen LogP contribution in [0.2, 0.25) is 0 Å². The van der Waals surface area contributed by atoms with E-state index < -0.39 is 12.0 Å². The lowest BCUT2D eigenvalue weighted by atomic mass is 10.0. The van der Waals surface area contributed by atoms with E-state index in [0.29, 0.717) is 0 Å². The van der Waals surface area contributed by atoms with Gasteiger partial charge in [0.15, 0.2) is 0 Å². The zero-order chi connectivity index (χ0) is 7.44. The van der Waals surface area contributed by atoms with E-state index in [2.05, 4.69) is 6.58 Å². The summed E-state index contributed by atoms with van der Waals surface area (Å²) >= 11 is 0. The van der Waals surface area contributed by atoms with Gasteiger partial charge in [-0.3, -0.25) is 4.79 Å². The van der Waals surface area contributed by atoms with Gasteiger partial charge in [-0.05, 0) is 5.92 Å². The minimum Gasteiger partial charge on any atom is -0.480 e. The molecule has 0 aromatic rings. The van der Waals surface area contributed by atoms with Gasteiger partial charge in [-0.15, -0.1) is 19.0 Å². The average molecular weight is 166 g/mol. The zero-order valence-electron chi connectivity index (χ0n) is 5.78. The molecule has 0 aliphatic rings. The highest BCUT2D eigenvalue weighted by Gasteiger charge is 2.15. The molecule has 0 saturated heterocycles. The van der Waals surface area contributed by atoms with Crippen LogP contribution < -0.4 is 5.73 Å². The number of hydrogen-bond acceptors (Lipinski definition) is 2. The van der Waals surface area contributed by atoms with E-state index in [9.17, 15) is 4.79 Å². The fourth-order valence-electron chi connectivity index (χ4n) is 0.372. The van der Waals surface area contributed by atoms with Gasteiger partial charge in [-0.1, -0.05) is 13.0 Å². The van der Waals surface area contributed by atoms with E-state index in [1.54, 1.807) is 6.92 Å². The van der Waals surface area contributed by atoms with Gasteiger partial charge in [0.25, 0.3) is 0 Å². The molecule has 2 unspecified atom stereocenters. The van der Waals surface area contributed by atoms with Crippen molar-refractivity contribution in [2.45, 2.75) is 13.0 Å². The molecule has 0 rings (SSSR count). The van der Waals surface area contributed by atoms with Crippen LogP contribution in [0.4, 0.5) is 0 Å². The Bertz CT molecular complexity index is 127. The highest BCUT2D eigenvalue weighted by Crippen LogP contribution is 1.99. The molecular weight excluding hydrogens is 154 g/mol.